The second-order valence-corrected chi connectivity index (χ2v) is 4.88. The Morgan fingerprint density at radius 1 is 1.44 bits per heavy atom. The Balaban J connectivity index is 3.07. The van der Waals surface area contributed by atoms with Crippen molar-refractivity contribution in [2.75, 3.05) is 6.61 Å². The zero-order chi connectivity index (χ0) is 12.2. The van der Waals surface area contributed by atoms with Crippen LogP contribution in [0.25, 0.3) is 0 Å². The maximum atomic E-state index is 11.1. The van der Waals surface area contributed by atoms with E-state index in [0.29, 0.717) is 17.9 Å². The predicted octanol–water partition coefficient (Wildman–Crippen LogP) is 0.615. The van der Waals surface area contributed by atoms with Gasteiger partial charge in [0, 0.05) is 5.56 Å². The van der Waals surface area contributed by atoms with Gasteiger partial charge in [0.05, 0.1) is 18.1 Å². The molecule has 0 saturated heterocycles. The Bertz CT molecular complexity index is 456. The van der Waals surface area contributed by atoms with Gasteiger partial charge >= 0.3 is 0 Å². The summed E-state index contributed by atoms with van der Waals surface area (Å²) >= 11 is 0. The van der Waals surface area contributed by atoms with E-state index in [9.17, 15) is 8.42 Å². The molecule has 5 nitrogen and oxygen atoms in total. The van der Waals surface area contributed by atoms with E-state index < -0.39 is 10.0 Å². The van der Waals surface area contributed by atoms with Crippen molar-refractivity contribution in [1.29, 1.82) is 0 Å². The number of nitrogens with two attached hydrogens (primary N) is 1. The molecule has 1 aromatic carbocycles. The molecule has 0 amide bonds. The Labute approximate surface area is 94.9 Å². The topological polar surface area (TPSA) is 89.6 Å². The summed E-state index contributed by atoms with van der Waals surface area (Å²) in [6.07, 6.45) is 0.835. The summed E-state index contributed by atoms with van der Waals surface area (Å²) in [4.78, 5) is -0.0274. The van der Waals surface area contributed by atoms with Crippen LogP contribution >= 0.6 is 0 Å². The van der Waals surface area contributed by atoms with E-state index in [4.69, 9.17) is 15.0 Å². The zero-order valence-corrected chi connectivity index (χ0v) is 9.83. The molecule has 0 unspecified atom stereocenters. The fourth-order valence-corrected chi connectivity index (χ4v) is 1.77. The number of primary sulfonamides is 1. The monoisotopic (exact) mass is 245 g/mol. The summed E-state index contributed by atoms with van der Waals surface area (Å²) < 4.78 is 27.5. The van der Waals surface area contributed by atoms with E-state index in [1.165, 1.54) is 18.2 Å². The third-order valence-electron chi connectivity index (χ3n) is 1.99. The second kappa shape index (κ2) is 5.29. The van der Waals surface area contributed by atoms with Crippen molar-refractivity contribution in [3.8, 4) is 5.75 Å². The fraction of sp³-hybridized carbons (Fsp3) is 0.400. The maximum Gasteiger partial charge on any atom is 0.238 e. The van der Waals surface area contributed by atoms with E-state index in [1.54, 1.807) is 0 Å². The van der Waals surface area contributed by atoms with Crippen molar-refractivity contribution in [2.24, 2.45) is 5.14 Å². The maximum absolute atomic E-state index is 11.1. The van der Waals surface area contributed by atoms with Crippen LogP contribution in [0.4, 0.5) is 0 Å². The first kappa shape index (κ1) is 13.0. The minimum atomic E-state index is -3.74. The van der Waals surface area contributed by atoms with Crippen LogP contribution < -0.4 is 9.88 Å². The molecule has 0 aliphatic rings. The van der Waals surface area contributed by atoms with E-state index in [0.717, 1.165) is 6.42 Å². The minimum absolute atomic E-state index is 0.0274. The summed E-state index contributed by atoms with van der Waals surface area (Å²) in [6.45, 7) is 2.18. The van der Waals surface area contributed by atoms with E-state index >= 15 is 0 Å². The highest BCUT2D eigenvalue weighted by Crippen LogP contribution is 2.22. The molecule has 0 aliphatic heterocycles. The first-order chi connectivity index (χ1) is 7.49. The van der Waals surface area contributed by atoms with Gasteiger partial charge in [-0.05, 0) is 24.6 Å². The lowest BCUT2D eigenvalue weighted by Gasteiger charge is -2.10. The predicted molar refractivity (Wildman–Crippen MR) is 59.5 cm³/mol. The van der Waals surface area contributed by atoms with Gasteiger partial charge in [-0.2, -0.15) is 0 Å². The molecule has 6 heteroatoms. The normalized spacial score (nSPS) is 11.4. The molecule has 1 rings (SSSR count). The van der Waals surface area contributed by atoms with E-state index in [1.807, 2.05) is 6.92 Å². The van der Waals surface area contributed by atoms with Gasteiger partial charge < -0.3 is 9.84 Å². The smallest absolute Gasteiger partial charge is 0.238 e. The Hall–Kier alpha value is -1.11. The largest absolute Gasteiger partial charge is 0.493 e. The van der Waals surface area contributed by atoms with Crippen molar-refractivity contribution in [2.45, 2.75) is 24.8 Å². The first-order valence-corrected chi connectivity index (χ1v) is 6.43. The molecule has 0 aromatic heterocycles. The van der Waals surface area contributed by atoms with Crippen molar-refractivity contribution in [1.82, 2.24) is 0 Å². The quantitative estimate of drug-likeness (QED) is 0.795. The van der Waals surface area contributed by atoms with Crippen LogP contribution in [-0.2, 0) is 16.6 Å². The molecule has 0 bridgehead atoms. The lowest BCUT2D eigenvalue weighted by atomic mass is 10.2. The van der Waals surface area contributed by atoms with Crippen molar-refractivity contribution >= 4 is 10.0 Å². The van der Waals surface area contributed by atoms with Gasteiger partial charge in [-0.1, -0.05) is 6.92 Å². The van der Waals surface area contributed by atoms with Crippen LogP contribution in [0.3, 0.4) is 0 Å². The van der Waals surface area contributed by atoms with Crippen LogP contribution in [-0.4, -0.2) is 20.1 Å². The molecule has 0 saturated carbocycles. The summed E-state index contributed by atoms with van der Waals surface area (Å²) in [5, 5.41) is 14.1. The highest BCUT2D eigenvalue weighted by Gasteiger charge is 2.11. The molecular weight excluding hydrogens is 230 g/mol. The molecule has 90 valence electrons. The Morgan fingerprint density at radius 3 is 2.62 bits per heavy atom. The summed E-state index contributed by atoms with van der Waals surface area (Å²) in [6, 6.07) is 4.18. The highest BCUT2D eigenvalue weighted by atomic mass is 32.2. The van der Waals surface area contributed by atoms with Crippen LogP contribution in [0.2, 0.25) is 0 Å². The molecule has 0 spiro atoms. The van der Waals surface area contributed by atoms with Gasteiger partial charge in [0.2, 0.25) is 10.0 Å². The fourth-order valence-electron chi connectivity index (χ4n) is 1.21. The lowest BCUT2D eigenvalue weighted by molar-refractivity contribution is 0.262. The molecule has 16 heavy (non-hydrogen) atoms. The van der Waals surface area contributed by atoms with Crippen molar-refractivity contribution in [3.63, 3.8) is 0 Å². The number of ether oxygens (including phenoxy) is 1. The number of hydrogen-bond acceptors (Lipinski definition) is 4. The Morgan fingerprint density at radius 2 is 2.12 bits per heavy atom. The molecule has 0 atom stereocenters. The molecule has 1 aromatic rings. The van der Waals surface area contributed by atoms with Crippen LogP contribution in [0, 0.1) is 0 Å². The van der Waals surface area contributed by atoms with Gasteiger partial charge in [-0.25, -0.2) is 13.6 Å². The van der Waals surface area contributed by atoms with Gasteiger partial charge in [-0.3, -0.25) is 0 Å². The Kier molecular flexibility index (Phi) is 4.28. The molecule has 0 aliphatic carbocycles. The van der Waals surface area contributed by atoms with Gasteiger partial charge in [0.25, 0.3) is 0 Å². The molecule has 0 radical (unpaired) electrons. The number of aliphatic hydroxyl groups is 1. The summed E-state index contributed by atoms with van der Waals surface area (Å²) in [5.41, 5.74) is 0.417. The number of rotatable bonds is 5. The molecular formula is C10H15NO4S. The standard InChI is InChI=1S/C10H15NO4S/c1-2-5-15-10-4-3-9(16(11,13)14)6-8(10)7-12/h3-4,6,12H,2,5,7H2,1H3,(H2,11,13,14). The van der Waals surface area contributed by atoms with Crippen LogP contribution in [0.5, 0.6) is 5.75 Å². The minimum Gasteiger partial charge on any atom is -0.493 e. The second-order valence-electron chi connectivity index (χ2n) is 3.32. The number of benzene rings is 1. The highest BCUT2D eigenvalue weighted by molar-refractivity contribution is 7.89. The average Bonchev–Trinajstić information content (AvgIpc) is 2.24. The van der Waals surface area contributed by atoms with E-state index in [2.05, 4.69) is 0 Å². The molecule has 3 N–H and O–H groups in total. The third kappa shape index (κ3) is 3.19. The number of aliphatic hydroxyl groups excluding tert-OH is 1. The van der Waals surface area contributed by atoms with Gasteiger partial charge in [-0.15, -0.1) is 0 Å². The molecule has 0 heterocycles. The SMILES string of the molecule is CCCOc1ccc(S(N)(=O)=O)cc1CO. The van der Waals surface area contributed by atoms with Crippen molar-refractivity contribution in [3.05, 3.63) is 23.8 Å². The van der Waals surface area contributed by atoms with Gasteiger partial charge in [0.15, 0.2) is 0 Å². The zero-order valence-electron chi connectivity index (χ0n) is 9.01. The van der Waals surface area contributed by atoms with Crippen molar-refractivity contribution < 1.29 is 18.3 Å². The average molecular weight is 245 g/mol. The summed E-state index contributed by atoms with van der Waals surface area (Å²) in [7, 11) is -3.74. The van der Waals surface area contributed by atoms with Crippen LogP contribution in [0.15, 0.2) is 23.1 Å². The molecule has 0 fully saturated rings. The van der Waals surface area contributed by atoms with Crippen LogP contribution in [0.1, 0.15) is 18.9 Å². The van der Waals surface area contributed by atoms with E-state index in [-0.39, 0.29) is 11.5 Å². The number of sulfonamides is 1. The first-order valence-electron chi connectivity index (χ1n) is 4.88. The summed E-state index contributed by atoms with van der Waals surface area (Å²) in [5.74, 6) is 0.483. The van der Waals surface area contributed by atoms with Gasteiger partial charge in [0.1, 0.15) is 5.75 Å². The number of hydrogen-bond donors (Lipinski definition) is 2. The lowest BCUT2D eigenvalue weighted by Crippen LogP contribution is -2.12. The third-order valence-corrected chi connectivity index (χ3v) is 2.90.